The van der Waals surface area contributed by atoms with Crippen LogP contribution in [0.4, 0.5) is 0 Å². The molecule has 0 N–H and O–H groups in total. The first-order valence-corrected chi connectivity index (χ1v) is 10.6. The van der Waals surface area contributed by atoms with Gasteiger partial charge in [0.2, 0.25) is 0 Å². The minimum Gasteiger partial charge on any atom is -0.497 e. The Balaban J connectivity index is 1.71. The molecule has 0 saturated heterocycles. The first-order valence-electron chi connectivity index (χ1n) is 9.81. The van der Waals surface area contributed by atoms with Crippen molar-refractivity contribution in [3.8, 4) is 5.75 Å². The third-order valence-corrected chi connectivity index (χ3v) is 7.13. The smallest absolute Gasteiger partial charge is 0.174 e. The van der Waals surface area contributed by atoms with Crippen LogP contribution in [-0.4, -0.2) is 23.0 Å². The van der Waals surface area contributed by atoms with E-state index < -0.39 is 0 Å². The molecule has 0 saturated carbocycles. The maximum absolute atomic E-state index is 12.2. The number of benzene rings is 2. The molecule has 0 unspecified atom stereocenters. The highest BCUT2D eigenvalue weighted by molar-refractivity contribution is 8.18. The first kappa shape index (κ1) is 18.3. The number of Topliss-reactive ketones (excluding diaryl/α,β-unsaturated/α-hetero) is 1. The van der Waals surface area contributed by atoms with E-state index in [1.54, 1.807) is 14.0 Å². The summed E-state index contributed by atoms with van der Waals surface area (Å²) in [5.41, 5.74) is 7.14. The van der Waals surface area contributed by atoms with Crippen LogP contribution in [0.15, 0.2) is 69.7 Å². The fourth-order valence-corrected chi connectivity index (χ4v) is 5.54. The van der Waals surface area contributed by atoms with E-state index in [0.29, 0.717) is 0 Å². The molecule has 0 amide bonds. The highest BCUT2D eigenvalue weighted by Crippen LogP contribution is 2.51. The molecule has 2 aromatic rings. The van der Waals surface area contributed by atoms with Gasteiger partial charge >= 0.3 is 0 Å². The van der Waals surface area contributed by atoms with Crippen LogP contribution in [0.5, 0.6) is 5.75 Å². The van der Waals surface area contributed by atoms with Gasteiger partial charge in [0.1, 0.15) is 5.75 Å². The van der Waals surface area contributed by atoms with Gasteiger partial charge < -0.3 is 9.64 Å². The van der Waals surface area contributed by atoms with E-state index in [-0.39, 0.29) is 11.8 Å². The molecular formula is C24H22N2O2S. The number of nitrogens with zero attached hydrogens (tertiary/aromatic N) is 2. The predicted molar refractivity (Wildman–Crippen MR) is 118 cm³/mol. The van der Waals surface area contributed by atoms with Crippen molar-refractivity contribution in [2.75, 3.05) is 7.11 Å². The molecule has 2 aliphatic heterocycles. The Labute approximate surface area is 175 Å². The van der Waals surface area contributed by atoms with Crippen LogP contribution in [0.25, 0.3) is 5.70 Å². The van der Waals surface area contributed by atoms with Crippen molar-refractivity contribution in [3.63, 3.8) is 0 Å². The minimum atomic E-state index is 0.0427. The molecule has 2 aromatic carbocycles. The molecule has 146 valence electrons. The second kappa shape index (κ2) is 6.92. The fourth-order valence-electron chi connectivity index (χ4n) is 4.49. The number of ether oxygens (including phenoxy) is 1. The summed E-state index contributed by atoms with van der Waals surface area (Å²) < 4.78 is 5.36. The number of hydrogen-bond acceptors (Lipinski definition) is 5. The minimum absolute atomic E-state index is 0.0427. The summed E-state index contributed by atoms with van der Waals surface area (Å²) in [5, 5.41) is 0.893. The van der Waals surface area contributed by atoms with E-state index in [2.05, 4.69) is 41.3 Å². The number of carbonyl (C=O) groups excluding carboxylic acids is 1. The monoisotopic (exact) mass is 402 g/mol. The zero-order valence-corrected chi connectivity index (χ0v) is 17.5. The molecule has 5 rings (SSSR count). The number of aliphatic imine (C=N–C) groups is 1. The third-order valence-electron chi connectivity index (χ3n) is 5.88. The molecule has 4 nitrogen and oxygen atoms in total. The number of methoxy groups -OCH3 is 1. The number of hydrogen-bond donors (Lipinski definition) is 0. The van der Waals surface area contributed by atoms with Gasteiger partial charge in [-0.25, -0.2) is 4.99 Å². The zero-order valence-electron chi connectivity index (χ0n) is 16.7. The normalized spacial score (nSPS) is 20.2. The van der Waals surface area contributed by atoms with E-state index >= 15 is 0 Å². The lowest BCUT2D eigenvalue weighted by Gasteiger charge is -2.39. The van der Waals surface area contributed by atoms with Crippen molar-refractivity contribution < 1.29 is 9.53 Å². The highest BCUT2D eigenvalue weighted by Gasteiger charge is 2.41. The lowest BCUT2D eigenvalue weighted by Crippen LogP contribution is -2.34. The Morgan fingerprint density at radius 1 is 1.14 bits per heavy atom. The molecule has 0 fully saturated rings. The number of amidine groups is 1. The maximum atomic E-state index is 12.2. The van der Waals surface area contributed by atoms with Gasteiger partial charge in [-0.05, 0) is 67.3 Å². The van der Waals surface area contributed by atoms with Crippen LogP contribution in [0.2, 0.25) is 0 Å². The maximum Gasteiger partial charge on any atom is 0.174 e. The van der Waals surface area contributed by atoms with Gasteiger partial charge in [-0.2, -0.15) is 0 Å². The quantitative estimate of drug-likeness (QED) is 0.696. The summed E-state index contributed by atoms with van der Waals surface area (Å²) in [7, 11) is 1.68. The van der Waals surface area contributed by atoms with Crippen LogP contribution >= 0.6 is 11.8 Å². The molecule has 3 aliphatic rings. The fraction of sp³-hybridized carbons (Fsp3) is 0.250. The number of carbonyl (C=O) groups is 1. The lowest BCUT2D eigenvalue weighted by atomic mass is 9.82. The Hall–Kier alpha value is -2.79. The van der Waals surface area contributed by atoms with E-state index in [9.17, 15) is 4.79 Å². The predicted octanol–water partition coefficient (Wildman–Crippen LogP) is 5.33. The summed E-state index contributed by atoms with van der Waals surface area (Å²) in [6.07, 6.45) is 1.97. The van der Waals surface area contributed by atoms with Crippen LogP contribution < -0.4 is 4.74 Å². The van der Waals surface area contributed by atoms with E-state index in [0.717, 1.165) is 40.1 Å². The molecule has 5 heteroatoms. The second-order valence-electron chi connectivity index (χ2n) is 7.54. The number of aryl methyl sites for hydroxylation is 1. The number of fused-ring (bicyclic) bond motifs is 3. The molecule has 0 spiro atoms. The van der Waals surface area contributed by atoms with Crippen LogP contribution in [0, 0.1) is 0 Å². The van der Waals surface area contributed by atoms with Crippen molar-refractivity contribution in [1.82, 2.24) is 4.90 Å². The van der Waals surface area contributed by atoms with Gasteiger partial charge in [-0.15, -0.1) is 0 Å². The summed E-state index contributed by atoms with van der Waals surface area (Å²) in [5.74, 6) is 0.936. The van der Waals surface area contributed by atoms with Crippen LogP contribution in [-0.2, 0) is 11.2 Å². The van der Waals surface area contributed by atoms with Gasteiger partial charge in [0.15, 0.2) is 11.0 Å². The topological polar surface area (TPSA) is 41.9 Å². The number of ketones is 1. The Bertz CT molecular complexity index is 1110. The molecule has 0 aromatic heterocycles. The molecular weight excluding hydrogens is 380 g/mol. The molecule has 29 heavy (non-hydrogen) atoms. The van der Waals surface area contributed by atoms with E-state index in [1.165, 1.54) is 34.0 Å². The number of allylic oxidation sites excluding steroid dienone is 2. The molecule has 0 radical (unpaired) electrons. The average molecular weight is 403 g/mol. The summed E-state index contributed by atoms with van der Waals surface area (Å²) in [6.45, 7) is 3.67. The van der Waals surface area contributed by atoms with Crippen molar-refractivity contribution in [1.29, 1.82) is 0 Å². The number of thioether (sulfide) groups is 1. The summed E-state index contributed by atoms with van der Waals surface area (Å²) >= 11 is 1.49. The summed E-state index contributed by atoms with van der Waals surface area (Å²) in [6, 6.07) is 16.8. The lowest BCUT2D eigenvalue weighted by molar-refractivity contribution is -0.113. The van der Waals surface area contributed by atoms with Gasteiger partial charge in [0, 0.05) is 11.3 Å². The average Bonchev–Trinajstić information content (AvgIpc) is 3.08. The molecule has 1 atom stereocenters. The number of rotatable bonds is 3. The van der Waals surface area contributed by atoms with Crippen LogP contribution in [0.3, 0.4) is 0 Å². The second-order valence-corrected chi connectivity index (χ2v) is 8.52. The van der Waals surface area contributed by atoms with Crippen molar-refractivity contribution in [3.05, 3.63) is 81.4 Å². The van der Waals surface area contributed by atoms with Crippen molar-refractivity contribution >= 4 is 28.4 Å². The molecule has 1 aliphatic carbocycles. The highest BCUT2D eigenvalue weighted by atomic mass is 32.2. The van der Waals surface area contributed by atoms with Gasteiger partial charge in [0.25, 0.3) is 0 Å². The van der Waals surface area contributed by atoms with Crippen LogP contribution in [0.1, 0.15) is 43.0 Å². The zero-order chi connectivity index (χ0) is 20.1. The largest absolute Gasteiger partial charge is 0.497 e. The van der Waals surface area contributed by atoms with Crippen molar-refractivity contribution in [2.24, 2.45) is 4.99 Å². The standard InChI is InChI=1S/C24H22N2O2S/c1-14-23(15(2)27)29-24-25-21-19-7-5-4-6-16(19)10-13-20(21)22(26(14)24)17-8-11-18(28-3)12-9-17/h4-9,11-12,22H,10,13H2,1-3H3/t22-/m1/s1. The summed E-state index contributed by atoms with van der Waals surface area (Å²) in [4.78, 5) is 20.3. The van der Waals surface area contributed by atoms with E-state index in [4.69, 9.17) is 9.73 Å². The first-order chi connectivity index (χ1) is 14.1. The SMILES string of the molecule is COc1ccc([C@@H]2C3=C(N=C4SC(C(C)=O)=C(C)N42)c2ccccc2CC3)cc1. The Morgan fingerprint density at radius 3 is 2.62 bits per heavy atom. The Morgan fingerprint density at radius 2 is 1.90 bits per heavy atom. The van der Waals surface area contributed by atoms with Crippen molar-refractivity contribution in [2.45, 2.75) is 32.7 Å². The van der Waals surface area contributed by atoms with Gasteiger partial charge in [-0.3, -0.25) is 4.79 Å². The third kappa shape index (κ3) is 2.84. The van der Waals surface area contributed by atoms with Gasteiger partial charge in [-0.1, -0.05) is 36.4 Å². The molecule has 2 heterocycles. The van der Waals surface area contributed by atoms with Gasteiger partial charge in [0.05, 0.1) is 23.8 Å². The Kier molecular flexibility index (Phi) is 4.36. The van der Waals surface area contributed by atoms with E-state index in [1.807, 2.05) is 19.1 Å². The molecule has 0 bridgehead atoms.